The van der Waals surface area contributed by atoms with Crippen LogP contribution < -0.4 is 9.80 Å². The number of furan rings is 1. The quantitative estimate of drug-likeness (QED) is 0.670. The zero-order valence-electron chi connectivity index (χ0n) is 15.3. The van der Waals surface area contributed by atoms with Crippen molar-refractivity contribution in [3.63, 3.8) is 0 Å². The van der Waals surface area contributed by atoms with Crippen molar-refractivity contribution in [2.75, 3.05) is 16.3 Å². The largest absolute Gasteiger partial charge is 0.459 e. The number of rotatable bonds is 2. The topological polar surface area (TPSA) is 66.7 Å². The number of aromatic nitrogens is 1. The maximum atomic E-state index is 13.0. The molecule has 27 heavy (non-hydrogen) atoms. The van der Waals surface area contributed by atoms with Crippen LogP contribution in [0.3, 0.4) is 0 Å². The van der Waals surface area contributed by atoms with E-state index in [4.69, 9.17) is 4.42 Å². The monoisotopic (exact) mass is 381 g/mol. The molecule has 138 valence electrons. The summed E-state index contributed by atoms with van der Waals surface area (Å²) in [5.74, 6) is 0.0210. The number of amides is 2. The minimum atomic E-state index is -0.214. The maximum Gasteiger partial charge on any atom is 0.294 e. The highest BCUT2D eigenvalue weighted by Gasteiger charge is 2.35. The van der Waals surface area contributed by atoms with Crippen molar-refractivity contribution in [2.24, 2.45) is 0 Å². The predicted octanol–water partition coefficient (Wildman–Crippen LogP) is 4.11. The normalized spacial score (nSPS) is 16.3. The van der Waals surface area contributed by atoms with Crippen LogP contribution in [0, 0.1) is 6.92 Å². The number of carbonyl (C=O) groups is 2. The molecule has 1 aliphatic heterocycles. The molecule has 3 aromatic rings. The Balaban J connectivity index is 1.85. The minimum absolute atomic E-state index is 0.0461. The molecule has 4 rings (SSSR count). The second-order valence-corrected chi connectivity index (χ2v) is 7.81. The van der Waals surface area contributed by atoms with Crippen LogP contribution in [-0.4, -0.2) is 29.4 Å². The smallest absolute Gasteiger partial charge is 0.294 e. The van der Waals surface area contributed by atoms with Crippen LogP contribution in [0.25, 0.3) is 10.4 Å². The first-order valence-electron chi connectivity index (χ1n) is 8.67. The van der Waals surface area contributed by atoms with Gasteiger partial charge in [-0.3, -0.25) is 9.59 Å². The number of aryl methyl sites for hydroxylation is 1. The molecule has 0 aliphatic carbocycles. The van der Waals surface area contributed by atoms with Crippen molar-refractivity contribution < 1.29 is 14.0 Å². The minimum Gasteiger partial charge on any atom is -0.459 e. The lowest BCUT2D eigenvalue weighted by Crippen LogP contribution is -2.51. The molecule has 0 bridgehead atoms. The van der Waals surface area contributed by atoms with E-state index in [9.17, 15) is 9.59 Å². The Kier molecular flexibility index (Phi) is 4.31. The molecule has 0 N–H and O–H groups in total. The third kappa shape index (κ3) is 3.04. The van der Waals surface area contributed by atoms with E-state index in [2.05, 4.69) is 4.98 Å². The van der Waals surface area contributed by atoms with Gasteiger partial charge in [-0.2, -0.15) is 0 Å². The lowest BCUT2D eigenvalue weighted by atomic mass is 10.0. The molecule has 2 amide bonds. The third-order valence-corrected chi connectivity index (χ3v) is 5.60. The third-order valence-electron chi connectivity index (χ3n) is 4.64. The number of thiazole rings is 1. The number of anilines is 2. The van der Waals surface area contributed by atoms with Gasteiger partial charge in [0.15, 0.2) is 5.76 Å². The van der Waals surface area contributed by atoms with Crippen molar-refractivity contribution in [2.45, 2.75) is 26.8 Å². The van der Waals surface area contributed by atoms with Gasteiger partial charge in [0.1, 0.15) is 0 Å². The van der Waals surface area contributed by atoms with Gasteiger partial charge in [-0.25, -0.2) is 4.98 Å². The van der Waals surface area contributed by atoms with E-state index in [0.29, 0.717) is 12.2 Å². The summed E-state index contributed by atoms with van der Waals surface area (Å²) in [6, 6.07) is 9.03. The highest BCUT2D eigenvalue weighted by Crippen LogP contribution is 2.40. The van der Waals surface area contributed by atoms with Crippen molar-refractivity contribution in [3.05, 3.63) is 53.6 Å². The summed E-state index contributed by atoms with van der Waals surface area (Å²) in [6.45, 7) is 5.84. The van der Waals surface area contributed by atoms with Crippen molar-refractivity contribution >= 4 is 34.5 Å². The fourth-order valence-electron chi connectivity index (χ4n) is 3.48. The summed E-state index contributed by atoms with van der Waals surface area (Å²) in [6.07, 6.45) is 3.31. The van der Waals surface area contributed by atoms with E-state index in [0.717, 1.165) is 21.1 Å². The van der Waals surface area contributed by atoms with Crippen LogP contribution in [0.1, 0.15) is 29.4 Å². The molecule has 1 aliphatic rings. The predicted molar refractivity (Wildman–Crippen MR) is 105 cm³/mol. The first kappa shape index (κ1) is 17.5. The number of carbonyl (C=O) groups excluding carboxylic acids is 2. The summed E-state index contributed by atoms with van der Waals surface area (Å²) in [4.78, 5) is 34.0. The van der Waals surface area contributed by atoms with Crippen molar-refractivity contribution in [1.82, 2.24) is 4.98 Å². The van der Waals surface area contributed by atoms with Crippen molar-refractivity contribution in [1.29, 1.82) is 0 Å². The highest BCUT2D eigenvalue weighted by molar-refractivity contribution is 7.15. The molecule has 1 aromatic carbocycles. The van der Waals surface area contributed by atoms with Crippen LogP contribution >= 0.6 is 11.3 Å². The Morgan fingerprint density at radius 2 is 2.07 bits per heavy atom. The summed E-state index contributed by atoms with van der Waals surface area (Å²) in [5, 5.41) is 0.977. The van der Waals surface area contributed by atoms with Crippen LogP contribution in [0.4, 0.5) is 11.4 Å². The second kappa shape index (κ2) is 6.66. The fraction of sp³-hybridized carbons (Fsp3) is 0.250. The lowest BCUT2D eigenvalue weighted by molar-refractivity contribution is -0.117. The fourth-order valence-corrected chi connectivity index (χ4v) is 4.25. The van der Waals surface area contributed by atoms with Gasteiger partial charge in [-0.05, 0) is 43.7 Å². The number of nitrogens with zero attached hydrogens (tertiary/aromatic N) is 3. The van der Waals surface area contributed by atoms with Gasteiger partial charge in [0, 0.05) is 19.7 Å². The van der Waals surface area contributed by atoms with E-state index in [1.807, 2.05) is 38.2 Å². The SMILES string of the molecule is CC(=O)N1c2ccc(-c3cnc(C)s3)cc2N(C(=O)c2ccco2)C[C@@H]1C. The molecule has 0 spiro atoms. The van der Waals surface area contributed by atoms with Gasteiger partial charge in [0.25, 0.3) is 5.91 Å². The van der Waals surface area contributed by atoms with Crippen LogP contribution in [-0.2, 0) is 4.79 Å². The number of benzene rings is 1. The van der Waals surface area contributed by atoms with Gasteiger partial charge in [0.2, 0.25) is 5.91 Å². The van der Waals surface area contributed by atoms with Crippen LogP contribution in [0.5, 0.6) is 0 Å². The van der Waals surface area contributed by atoms with E-state index in [-0.39, 0.29) is 23.6 Å². The summed E-state index contributed by atoms with van der Waals surface area (Å²) < 4.78 is 5.31. The summed E-state index contributed by atoms with van der Waals surface area (Å²) in [5.41, 5.74) is 2.40. The molecule has 3 heterocycles. The molecule has 0 radical (unpaired) electrons. The zero-order valence-corrected chi connectivity index (χ0v) is 16.1. The van der Waals surface area contributed by atoms with Gasteiger partial charge < -0.3 is 14.2 Å². The molecule has 0 saturated heterocycles. The van der Waals surface area contributed by atoms with Gasteiger partial charge in [-0.1, -0.05) is 6.07 Å². The van der Waals surface area contributed by atoms with Crippen LogP contribution in [0.15, 0.2) is 47.2 Å². The average Bonchev–Trinajstić information content (AvgIpc) is 3.31. The molecule has 1 atom stereocenters. The standard InChI is InChI=1S/C20H19N3O3S/c1-12-11-22(20(25)18-5-4-8-26-18)17-9-15(19-10-21-13(2)27-19)6-7-16(17)23(12)14(3)24/h4-10,12H,11H2,1-3H3/t12-/m0/s1. The first-order chi connectivity index (χ1) is 13.0. The molecule has 7 heteroatoms. The molecule has 6 nitrogen and oxygen atoms in total. The Morgan fingerprint density at radius 1 is 1.26 bits per heavy atom. The van der Waals surface area contributed by atoms with Gasteiger partial charge >= 0.3 is 0 Å². The van der Waals surface area contributed by atoms with Crippen LogP contribution in [0.2, 0.25) is 0 Å². The van der Waals surface area contributed by atoms with Crippen molar-refractivity contribution in [3.8, 4) is 10.4 Å². The molecule has 0 unspecified atom stereocenters. The van der Waals surface area contributed by atoms with E-state index >= 15 is 0 Å². The first-order valence-corrected chi connectivity index (χ1v) is 9.49. The Hall–Kier alpha value is -2.93. The molecule has 2 aromatic heterocycles. The maximum absolute atomic E-state index is 13.0. The molecular weight excluding hydrogens is 362 g/mol. The number of fused-ring (bicyclic) bond motifs is 1. The number of hydrogen-bond donors (Lipinski definition) is 0. The lowest BCUT2D eigenvalue weighted by Gasteiger charge is -2.40. The molecule has 0 fully saturated rings. The van der Waals surface area contributed by atoms with Gasteiger partial charge in [0.05, 0.1) is 33.6 Å². The Morgan fingerprint density at radius 3 is 2.70 bits per heavy atom. The van der Waals surface area contributed by atoms with E-state index in [1.165, 1.54) is 6.26 Å². The average molecular weight is 381 g/mol. The van der Waals surface area contributed by atoms with E-state index < -0.39 is 0 Å². The molecular formula is C20H19N3O3S. The highest BCUT2D eigenvalue weighted by atomic mass is 32.1. The van der Waals surface area contributed by atoms with Gasteiger partial charge in [-0.15, -0.1) is 11.3 Å². The summed E-state index contributed by atoms with van der Waals surface area (Å²) >= 11 is 1.59. The Labute approximate surface area is 161 Å². The molecule has 0 saturated carbocycles. The summed E-state index contributed by atoms with van der Waals surface area (Å²) in [7, 11) is 0. The van der Waals surface area contributed by atoms with E-state index in [1.54, 1.807) is 40.2 Å². The number of hydrogen-bond acceptors (Lipinski definition) is 5. The zero-order chi connectivity index (χ0) is 19.1. The second-order valence-electron chi connectivity index (χ2n) is 6.58. The Bertz CT molecular complexity index is 1010.